The third kappa shape index (κ3) is 4.91. The summed E-state index contributed by atoms with van der Waals surface area (Å²) in [5.41, 5.74) is 2.09. The van der Waals surface area contributed by atoms with Crippen molar-refractivity contribution in [3.8, 4) is 11.5 Å². The molecule has 0 N–H and O–H groups in total. The van der Waals surface area contributed by atoms with E-state index in [2.05, 4.69) is 17.0 Å². The van der Waals surface area contributed by atoms with Crippen molar-refractivity contribution in [2.75, 3.05) is 32.2 Å². The molecule has 1 aromatic heterocycles. The minimum absolute atomic E-state index is 0.0943. The number of rotatable bonds is 7. The second-order valence-corrected chi connectivity index (χ2v) is 7.71. The third-order valence-electron chi connectivity index (χ3n) is 5.77. The van der Waals surface area contributed by atoms with E-state index in [-0.39, 0.29) is 11.9 Å². The van der Waals surface area contributed by atoms with Crippen molar-refractivity contribution in [1.82, 2.24) is 4.90 Å². The number of furan rings is 1. The van der Waals surface area contributed by atoms with E-state index in [4.69, 9.17) is 13.9 Å². The Kier molecular flexibility index (Phi) is 6.57. The van der Waals surface area contributed by atoms with Crippen LogP contribution >= 0.6 is 0 Å². The van der Waals surface area contributed by atoms with Crippen LogP contribution in [-0.2, 0) is 6.54 Å². The maximum absolute atomic E-state index is 13.3. The van der Waals surface area contributed by atoms with Crippen molar-refractivity contribution in [1.29, 1.82) is 0 Å². The summed E-state index contributed by atoms with van der Waals surface area (Å²) >= 11 is 0. The fourth-order valence-corrected chi connectivity index (χ4v) is 4.10. The molecule has 3 aromatic rings. The van der Waals surface area contributed by atoms with E-state index >= 15 is 0 Å². The molecule has 162 valence electrons. The zero-order valence-electron chi connectivity index (χ0n) is 18.0. The second kappa shape index (κ2) is 9.71. The lowest BCUT2D eigenvalue weighted by Gasteiger charge is -2.38. The van der Waals surface area contributed by atoms with Gasteiger partial charge in [0, 0.05) is 37.4 Å². The number of likely N-dealkylation sites (tertiary alicyclic amines) is 1. The van der Waals surface area contributed by atoms with Crippen molar-refractivity contribution in [3.63, 3.8) is 0 Å². The Morgan fingerprint density at radius 2 is 1.74 bits per heavy atom. The number of benzene rings is 2. The third-order valence-corrected chi connectivity index (χ3v) is 5.77. The van der Waals surface area contributed by atoms with E-state index in [1.807, 2.05) is 41.3 Å². The molecule has 1 saturated heterocycles. The number of nitrogens with zero attached hydrogens (tertiary/aromatic N) is 2. The Labute approximate surface area is 183 Å². The molecular formula is C25H28N2O4. The topological polar surface area (TPSA) is 55.2 Å². The summed E-state index contributed by atoms with van der Waals surface area (Å²) in [4.78, 5) is 17.6. The molecule has 4 rings (SSSR count). The fourth-order valence-electron chi connectivity index (χ4n) is 4.10. The molecule has 0 aliphatic carbocycles. The average molecular weight is 421 g/mol. The Morgan fingerprint density at radius 3 is 2.39 bits per heavy atom. The highest BCUT2D eigenvalue weighted by atomic mass is 16.5. The second-order valence-electron chi connectivity index (χ2n) is 7.71. The Morgan fingerprint density at radius 1 is 1.00 bits per heavy atom. The number of hydrogen-bond acceptors (Lipinski definition) is 5. The minimum atomic E-state index is -0.119. The highest BCUT2D eigenvalue weighted by Crippen LogP contribution is 2.29. The molecule has 0 bridgehead atoms. The van der Waals surface area contributed by atoms with Crippen LogP contribution in [0, 0.1) is 0 Å². The van der Waals surface area contributed by atoms with Gasteiger partial charge in [-0.05, 0) is 54.8 Å². The molecule has 2 aromatic carbocycles. The number of amides is 1. The number of hydrogen-bond donors (Lipinski definition) is 0. The molecule has 0 unspecified atom stereocenters. The summed E-state index contributed by atoms with van der Waals surface area (Å²) in [6, 6.07) is 19.4. The van der Waals surface area contributed by atoms with Gasteiger partial charge in [0.2, 0.25) is 0 Å². The molecule has 31 heavy (non-hydrogen) atoms. The van der Waals surface area contributed by atoms with Crippen LogP contribution in [0.2, 0.25) is 0 Å². The summed E-state index contributed by atoms with van der Waals surface area (Å²) in [6.45, 7) is 2.73. The number of carbonyl (C=O) groups excluding carboxylic acids is 1. The normalized spacial score (nSPS) is 14.9. The molecule has 0 saturated carbocycles. The predicted molar refractivity (Wildman–Crippen MR) is 120 cm³/mol. The molecule has 1 aliphatic rings. The summed E-state index contributed by atoms with van der Waals surface area (Å²) in [5, 5.41) is 0. The van der Waals surface area contributed by atoms with Gasteiger partial charge in [0.15, 0.2) is 5.76 Å². The minimum Gasteiger partial charge on any atom is -0.497 e. The SMILES string of the molecule is COc1ccc(CN2CCC(N(C(=O)c3ccco3)c3cccc(OC)c3)CC2)cc1. The van der Waals surface area contributed by atoms with Crippen LogP contribution in [0.25, 0.3) is 0 Å². The lowest BCUT2D eigenvalue weighted by molar-refractivity contribution is 0.0931. The highest BCUT2D eigenvalue weighted by Gasteiger charge is 2.31. The monoisotopic (exact) mass is 420 g/mol. The number of anilines is 1. The molecule has 6 nitrogen and oxygen atoms in total. The highest BCUT2D eigenvalue weighted by molar-refractivity contribution is 6.04. The lowest BCUT2D eigenvalue weighted by atomic mass is 10.0. The maximum Gasteiger partial charge on any atom is 0.294 e. The standard InChI is InChI=1S/C25H28N2O4/c1-29-22-10-8-19(9-11-22)18-26-14-12-20(13-15-26)27(25(28)24-7-4-16-31-24)21-5-3-6-23(17-21)30-2/h3-11,16-17,20H,12-15,18H2,1-2H3. The lowest BCUT2D eigenvalue weighted by Crippen LogP contribution is -2.47. The van der Waals surface area contributed by atoms with E-state index in [0.29, 0.717) is 5.76 Å². The van der Waals surface area contributed by atoms with Crippen molar-refractivity contribution >= 4 is 11.6 Å². The van der Waals surface area contributed by atoms with Crippen LogP contribution in [0.5, 0.6) is 11.5 Å². The first-order chi connectivity index (χ1) is 15.2. The molecular weight excluding hydrogens is 392 g/mol. The Balaban J connectivity index is 1.48. The molecule has 2 heterocycles. The summed E-state index contributed by atoms with van der Waals surface area (Å²) < 4.78 is 16.0. The first kappa shape index (κ1) is 21.0. The summed E-state index contributed by atoms with van der Waals surface area (Å²) in [5.74, 6) is 1.83. The van der Waals surface area contributed by atoms with Crippen molar-refractivity contribution < 1.29 is 18.7 Å². The molecule has 1 fully saturated rings. The first-order valence-corrected chi connectivity index (χ1v) is 10.5. The molecule has 0 radical (unpaired) electrons. The van der Waals surface area contributed by atoms with Gasteiger partial charge in [0.05, 0.1) is 20.5 Å². The van der Waals surface area contributed by atoms with Gasteiger partial charge in [-0.1, -0.05) is 18.2 Å². The van der Waals surface area contributed by atoms with Gasteiger partial charge < -0.3 is 18.8 Å². The van der Waals surface area contributed by atoms with Gasteiger partial charge in [-0.3, -0.25) is 9.69 Å². The zero-order valence-corrected chi connectivity index (χ0v) is 18.0. The number of carbonyl (C=O) groups is 1. The largest absolute Gasteiger partial charge is 0.497 e. The van der Waals surface area contributed by atoms with Gasteiger partial charge in [0.25, 0.3) is 5.91 Å². The Bertz CT molecular complexity index is 977. The maximum atomic E-state index is 13.3. The van der Waals surface area contributed by atoms with Gasteiger partial charge in [-0.2, -0.15) is 0 Å². The van der Waals surface area contributed by atoms with E-state index in [0.717, 1.165) is 49.7 Å². The van der Waals surface area contributed by atoms with E-state index in [9.17, 15) is 4.79 Å². The van der Waals surface area contributed by atoms with Crippen LogP contribution in [0.1, 0.15) is 29.0 Å². The Hall–Kier alpha value is -3.25. The predicted octanol–water partition coefficient (Wildman–Crippen LogP) is 4.61. The summed E-state index contributed by atoms with van der Waals surface area (Å²) in [6.07, 6.45) is 3.31. The van der Waals surface area contributed by atoms with Gasteiger partial charge in [-0.25, -0.2) is 0 Å². The van der Waals surface area contributed by atoms with Crippen LogP contribution in [0.15, 0.2) is 71.3 Å². The number of ether oxygens (including phenoxy) is 2. The van der Waals surface area contributed by atoms with E-state index in [1.54, 1.807) is 26.4 Å². The summed E-state index contributed by atoms with van der Waals surface area (Å²) in [7, 11) is 3.31. The molecule has 1 aliphatic heterocycles. The fraction of sp³-hybridized carbons (Fsp3) is 0.320. The van der Waals surface area contributed by atoms with Crippen LogP contribution in [-0.4, -0.2) is 44.2 Å². The number of piperidine rings is 1. The van der Waals surface area contributed by atoms with E-state index in [1.165, 1.54) is 11.8 Å². The van der Waals surface area contributed by atoms with Crippen LogP contribution in [0.3, 0.4) is 0 Å². The van der Waals surface area contributed by atoms with Gasteiger partial charge >= 0.3 is 0 Å². The van der Waals surface area contributed by atoms with Gasteiger partial charge in [-0.15, -0.1) is 0 Å². The first-order valence-electron chi connectivity index (χ1n) is 10.5. The van der Waals surface area contributed by atoms with E-state index < -0.39 is 0 Å². The zero-order chi connectivity index (χ0) is 21.6. The van der Waals surface area contributed by atoms with Crippen molar-refractivity contribution in [2.24, 2.45) is 0 Å². The molecule has 0 atom stereocenters. The molecule has 1 amide bonds. The quantitative estimate of drug-likeness (QED) is 0.559. The average Bonchev–Trinajstić information content (AvgIpc) is 3.36. The smallest absolute Gasteiger partial charge is 0.294 e. The molecule has 0 spiro atoms. The van der Waals surface area contributed by atoms with Crippen LogP contribution < -0.4 is 14.4 Å². The van der Waals surface area contributed by atoms with Gasteiger partial charge in [0.1, 0.15) is 11.5 Å². The number of methoxy groups -OCH3 is 2. The van der Waals surface area contributed by atoms with Crippen molar-refractivity contribution in [3.05, 3.63) is 78.3 Å². The molecule has 6 heteroatoms. The van der Waals surface area contributed by atoms with Crippen LogP contribution in [0.4, 0.5) is 5.69 Å². The van der Waals surface area contributed by atoms with Crippen molar-refractivity contribution in [2.45, 2.75) is 25.4 Å².